The number of carboxylic acids is 1. The van der Waals surface area contributed by atoms with E-state index in [0.717, 1.165) is 5.56 Å². The van der Waals surface area contributed by atoms with Gasteiger partial charge in [0.25, 0.3) is 0 Å². The van der Waals surface area contributed by atoms with Gasteiger partial charge in [-0.1, -0.05) is 37.3 Å². The van der Waals surface area contributed by atoms with Gasteiger partial charge in [-0.2, -0.15) is 0 Å². The van der Waals surface area contributed by atoms with Gasteiger partial charge in [0.05, 0.1) is 6.61 Å². The van der Waals surface area contributed by atoms with Crippen molar-refractivity contribution in [1.82, 2.24) is 0 Å². The van der Waals surface area contributed by atoms with Crippen molar-refractivity contribution in [2.24, 2.45) is 5.92 Å². The minimum absolute atomic E-state index is 0.218. The maximum absolute atomic E-state index is 10.4. The largest absolute Gasteiger partial charge is 0.481 e. The molecule has 3 nitrogen and oxygen atoms in total. The highest BCUT2D eigenvalue weighted by molar-refractivity contribution is 5.66. The van der Waals surface area contributed by atoms with Gasteiger partial charge in [-0.15, -0.1) is 0 Å². The SMILES string of the molecule is CC(CCC(=O)O)COCc1ccccc1. The molecule has 0 heterocycles. The first-order valence-electron chi connectivity index (χ1n) is 5.52. The first kappa shape index (κ1) is 12.7. The second-order valence-electron chi connectivity index (χ2n) is 4.04. The van der Waals surface area contributed by atoms with Crippen molar-refractivity contribution in [3.63, 3.8) is 0 Å². The Morgan fingerprint density at radius 1 is 1.38 bits per heavy atom. The second-order valence-corrected chi connectivity index (χ2v) is 4.04. The Bertz CT molecular complexity index is 308. The quantitative estimate of drug-likeness (QED) is 0.771. The second kappa shape index (κ2) is 7.01. The van der Waals surface area contributed by atoms with E-state index in [1.807, 2.05) is 37.3 Å². The highest BCUT2D eigenvalue weighted by Gasteiger charge is 2.05. The number of benzene rings is 1. The van der Waals surface area contributed by atoms with Crippen LogP contribution in [0.4, 0.5) is 0 Å². The Kier molecular flexibility index (Phi) is 5.57. The van der Waals surface area contributed by atoms with Crippen molar-refractivity contribution >= 4 is 5.97 Å². The van der Waals surface area contributed by atoms with E-state index in [0.29, 0.717) is 25.6 Å². The van der Waals surface area contributed by atoms with Gasteiger partial charge in [0.15, 0.2) is 0 Å². The van der Waals surface area contributed by atoms with Crippen molar-refractivity contribution in [3.8, 4) is 0 Å². The molecule has 0 aliphatic heterocycles. The lowest BCUT2D eigenvalue weighted by atomic mass is 10.1. The summed E-state index contributed by atoms with van der Waals surface area (Å²) in [4.78, 5) is 10.4. The summed E-state index contributed by atoms with van der Waals surface area (Å²) < 4.78 is 5.52. The first-order chi connectivity index (χ1) is 7.68. The van der Waals surface area contributed by atoms with Crippen LogP contribution in [-0.4, -0.2) is 17.7 Å². The molecule has 1 rings (SSSR count). The maximum atomic E-state index is 10.4. The van der Waals surface area contributed by atoms with Gasteiger partial charge in [0.1, 0.15) is 0 Å². The fourth-order valence-corrected chi connectivity index (χ4v) is 1.41. The molecule has 0 radical (unpaired) electrons. The molecule has 1 aromatic rings. The Hall–Kier alpha value is -1.35. The third-order valence-corrected chi connectivity index (χ3v) is 2.36. The van der Waals surface area contributed by atoms with E-state index < -0.39 is 5.97 Å². The summed E-state index contributed by atoms with van der Waals surface area (Å²) in [7, 11) is 0. The van der Waals surface area contributed by atoms with Crippen LogP contribution < -0.4 is 0 Å². The molecule has 0 amide bonds. The molecule has 0 bridgehead atoms. The number of carboxylic acid groups (broad SMARTS) is 1. The van der Waals surface area contributed by atoms with E-state index in [-0.39, 0.29) is 6.42 Å². The normalized spacial score (nSPS) is 12.3. The Morgan fingerprint density at radius 3 is 2.69 bits per heavy atom. The zero-order valence-corrected chi connectivity index (χ0v) is 9.56. The van der Waals surface area contributed by atoms with Crippen molar-refractivity contribution in [3.05, 3.63) is 35.9 Å². The molecule has 1 unspecified atom stereocenters. The lowest BCUT2D eigenvalue weighted by Gasteiger charge is -2.10. The first-order valence-corrected chi connectivity index (χ1v) is 5.52. The monoisotopic (exact) mass is 222 g/mol. The van der Waals surface area contributed by atoms with Gasteiger partial charge >= 0.3 is 5.97 Å². The molecular weight excluding hydrogens is 204 g/mol. The van der Waals surface area contributed by atoms with Crippen molar-refractivity contribution in [2.45, 2.75) is 26.4 Å². The Balaban J connectivity index is 2.13. The Morgan fingerprint density at radius 2 is 2.06 bits per heavy atom. The number of aliphatic carboxylic acids is 1. The van der Waals surface area contributed by atoms with E-state index in [1.54, 1.807) is 0 Å². The third kappa shape index (κ3) is 5.51. The fraction of sp³-hybridized carbons (Fsp3) is 0.462. The van der Waals surface area contributed by atoms with E-state index in [1.165, 1.54) is 0 Å². The summed E-state index contributed by atoms with van der Waals surface area (Å²) in [5, 5.41) is 8.52. The summed E-state index contributed by atoms with van der Waals surface area (Å²) >= 11 is 0. The molecule has 1 atom stereocenters. The summed E-state index contributed by atoms with van der Waals surface area (Å²) in [6, 6.07) is 9.96. The molecule has 0 aliphatic carbocycles. The lowest BCUT2D eigenvalue weighted by molar-refractivity contribution is -0.137. The van der Waals surface area contributed by atoms with E-state index >= 15 is 0 Å². The summed E-state index contributed by atoms with van der Waals surface area (Å²) in [6.07, 6.45) is 0.889. The molecule has 1 N–H and O–H groups in total. The van der Waals surface area contributed by atoms with E-state index in [9.17, 15) is 4.79 Å². The van der Waals surface area contributed by atoms with Crippen LogP contribution in [0.25, 0.3) is 0 Å². The van der Waals surface area contributed by atoms with Crippen LogP contribution in [0.5, 0.6) is 0 Å². The number of carbonyl (C=O) groups is 1. The van der Waals surface area contributed by atoms with Crippen molar-refractivity contribution < 1.29 is 14.6 Å². The van der Waals surface area contributed by atoms with Crippen LogP contribution in [0.2, 0.25) is 0 Å². The molecule has 1 aromatic carbocycles. The van der Waals surface area contributed by atoms with Crippen LogP contribution in [0.3, 0.4) is 0 Å². The molecule has 0 saturated heterocycles. The van der Waals surface area contributed by atoms with E-state index in [2.05, 4.69) is 0 Å². The molecule has 0 fully saturated rings. The summed E-state index contributed by atoms with van der Waals surface area (Å²) in [5.74, 6) is -0.449. The zero-order valence-electron chi connectivity index (χ0n) is 9.56. The van der Waals surface area contributed by atoms with Crippen LogP contribution in [0.15, 0.2) is 30.3 Å². The highest BCUT2D eigenvalue weighted by atomic mass is 16.5. The molecular formula is C13H18O3. The minimum Gasteiger partial charge on any atom is -0.481 e. The van der Waals surface area contributed by atoms with Gasteiger partial charge in [-0.25, -0.2) is 0 Å². The number of rotatable bonds is 7. The maximum Gasteiger partial charge on any atom is 0.303 e. The van der Waals surface area contributed by atoms with Crippen LogP contribution in [0.1, 0.15) is 25.3 Å². The molecule has 88 valence electrons. The lowest BCUT2D eigenvalue weighted by Crippen LogP contribution is -2.08. The standard InChI is InChI=1S/C13H18O3/c1-11(7-8-13(14)15)9-16-10-12-5-3-2-4-6-12/h2-6,11H,7-10H2,1H3,(H,14,15). The predicted octanol–water partition coefficient (Wildman–Crippen LogP) is 2.70. The molecule has 16 heavy (non-hydrogen) atoms. The average molecular weight is 222 g/mol. The smallest absolute Gasteiger partial charge is 0.303 e. The predicted molar refractivity (Wildman–Crippen MR) is 62.1 cm³/mol. The summed E-state index contributed by atoms with van der Waals surface area (Å²) in [6.45, 7) is 3.22. The average Bonchev–Trinajstić information content (AvgIpc) is 2.28. The van der Waals surface area contributed by atoms with Gasteiger partial charge in [-0.3, -0.25) is 4.79 Å². The van der Waals surface area contributed by atoms with Crippen molar-refractivity contribution in [2.75, 3.05) is 6.61 Å². The molecule has 0 saturated carbocycles. The van der Waals surface area contributed by atoms with Crippen LogP contribution in [-0.2, 0) is 16.1 Å². The summed E-state index contributed by atoms with van der Waals surface area (Å²) in [5.41, 5.74) is 1.15. The van der Waals surface area contributed by atoms with Gasteiger partial charge in [-0.05, 0) is 17.9 Å². The molecule has 3 heteroatoms. The number of hydrogen-bond acceptors (Lipinski definition) is 2. The fourth-order valence-electron chi connectivity index (χ4n) is 1.41. The van der Waals surface area contributed by atoms with Gasteiger partial charge < -0.3 is 9.84 Å². The Labute approximate surface area is 96.1 Å². The third-order valence-electron chi connectivity index (χ3n) is 2.36. The zero-order chi connectivity index (χ0) is 11.8. The molecule has 0 aliphatic rings. The van der Waals surface area contributed by atoms with E-state index in [4.69, 9.17) is 9.84 Å². The van der Waals surface area contributed by atoms with Crippen LogP contribution >= 0.6 is 0 Å². The number of ether oxygens (including phenoxy) is 1. The van der Waals surface area contributed by atoms with Crippen molar-refractivity contribution in [1.29, 1.82) is 0 Å². The molecule has 0 aromatic heterocycles. The van der Waals surface area contributed by atoms with Gasteiger partial charge in [0, 0.05) is 13.0 Å². The molecule has 0 spiro atoms. The van der Waals surface area contributed by atoms with Crippen LogP contribution in [0, 0.1) is 5.92 Å². The number of hydrogen-bond donors (Lipinski definition) is 1. The topological polar surface area (TPSA) is 46.5 Å². The highest BCUT2D eigenvalue weighted by Crippen LogP contribution is 2.08. The minimum atomic E-state index is -0.741. The van der Waals surface area contributed by atoms with Gasteiger partial charge in [0.2, 0.25) is 0 Å².